The molecule has 0 aliphatic heterocycles. The number of aromatic nitrogens is 1. The van der Waals surface area contributed by atoms with E-state index < -0.39 is 5.97 Å². The molecule has 0 aliphatic carbocycles. The lowest BCUT2D eigenvalue weighted by molar-refractivity contribution is -0.131. The van der Waals surface area contributed by atoms with Crippen molar-refractivity contribution in [1.29, 1.82) is 0 Å². The van der Waals surface area contributed by atoms with E-state index in [4.69, 9.17) is 9.84 Å². The molecule has 108 valence electrons. The Bertz CT molecular complexity index is 482. The van der Waals surface area contributed by atoms with Crippen LogP contribution in [0.25, 0.3) is 6.08 Å². The van der Waals surface area contributed by atoms with Gasteiger partial charge >= 0.3 is 5.97 Å². The number of methoxy groups -OCH3 is 1. The molecule has 0 saturated carbocycles. The Morgan fingerprint density at radius 3 is 2.70 bits per heavy atom. The fourth-order valence-corrected chi connectivity index (χ4v) is 1.56. The molecule has 1 amide bonds. The largest absolute Gasteiger partial charge is 0.478 e. The minimum atomic E-state index is -1.03. The average Bonchev–Trinajstić information content (AvgIpc) is 2.46. The van der Waals surface area contributed by atoms with E-state index in [-0.39, 0.29) is 5.91 Å². The first-order valence-corrected chi connectivity index (χ1v) is 6.23. The van der Waals surface area contributed by atoms with E-state index in [9.17, 15) is 9.59 Å². The van der Waals surface area contributed by atoms with Crippen LogP contribution in [-0.4, -0.2) is 53.7 Å². The van der Waals surface area contributed by atoms with E-state index in [1.54, 1.807) is 24.1 Å². The van der Waals surface area contributed by atoms with Gasteiger partial charge in [0.1, 0.15) is 5.69 Å². The van der Waals surface area contributed by atoms with Gasteiger partial charge < -0.3 is 14.7 Å². The Hall–Kier alpha value is -2.21. The van der Waals surface area contributed by atoms with Crippen molar-refractivity contribution in [3.8, 4) is 0 Å². The number of pyridine rings is 1. The molecule has 0 saturated heterocycles. The van der Waals surface area contributed by atoms with Crippen molar-refractivity contribution in [2.24, 2.45) is 0 Å². The zero-order valence-electron chi connectivity index (χ0n) is 11.6. The number of hydrogen-bond donors (Lipinski definition) is 1. The van der Waals surface area contributed by atoms with Gasteiger partial charge in [0, 0.05) is 32.5 Å². The molecule has 0 aromatic carbocycles. The van der Waals surface area contributed by atoms with Gasteiger partial charge in [-0.05, 0) is 24.6 Å². The molecule has 0 radical (unpaired) electrons. The Morgan fingerprint density at radius 1 is 1.45 bits per heavy atom. The molecule has 1 aromatic rings. The summed E-state index contributed by atoms with van der Waals surface area (Å²) in [6.45, 7) is 3.44. The van der Waals surface area contributed by atoms with Gasteiger partial charge in [-0.2, -0.15) is 0 Å². The average molecular weight is 278 g/mol. The number of aliphatic carboxylic acids is 1. The highest BCUT2D eigenvalue weighted by molar-refractivity contribution is 5.92. The SMILES string of the molecule is CCN(CCOC)C(=O)c1ccc(C=CC(=O)O)cn1. The van der Waals surface area contributed by atoms with Crippen molar-refractivity contribution in [2.75, 3.05) is 26.8 Å². The summed E-state index contributed by atoms with van der Waals surface area (Å²) in [6, 6.07) is 3.24. The number of carbonyl (C=O) groups excluding carboxylic acids is 1. The minimum Gasteiger partial charge on any atom is -0.478 e. The number of carboxylic acids is 1. The smallest absolute Gasteiger partial charge is 0.328 e. The molecular formula is C14H18N2O4. The highest BCUT2D eigenvalue weighted by Crippen LogP contribution is 2.06. The van der Waals surface area contributed by atoms with Crippen LogP contribution in [0, 0.1) is 0 Å². The van der Waals surface area contributed by atoms with Crippen LogP contribution in [0.2, 0.25) is 0 Å². The van der Waals surface area contributed by atoms with Gasteiger partial charge in [0.25, 0.3) is 5.91 Å². The molecule has 0 aliphatic rings. The lowest BCUT2D eigenvalue weighted by Gasteiger charge is -2.19. The molecule has 0 fully saturated rings. The summed E-state index contributed by atoms with van der Waals surface area (Å²) >= 11 is 0. The van der Waals surface area contributed by atoms with Crippen molar-refractivity contribution in [3.05, 3.63) is 35.7 Å². The van der Waals surface area contributed by atoms with Crippen LogP contribution in [0.15, 0.2) is 24.4 Å². The van der Waals surface area contributed by atoms with Crippen LogP contribution in [0.5, 0.6) is 0 Å². The van der Waals surface area contributed by atoms with E-state index in [0.717, 1.165) is 6.08 Å². The third kappa shape index (κ3) is 4.81. The first kappa shape index (κ1) is 15.8. The molecule has 0 atom stereocenters. The van der Waals surface area contributed by atoms with Crippen molar-refractivity contribution in [2.45, 2.75) is 6.92 Å². The molecule has 1 N–H and O–H groups in total. The molecule has 20 heavy (non-hydrogen) atoms. The van der Waals surface area contributed by atoms with Crippen LogP contribution < -0.4 is 0 Å². The summed E-state index contributed by atoms with van der Waals surface area (Å²) in [6.07, 6.45) is 3.92. The maximum Gasteiger partial charge on any atom is 0.328 e. The van der Waals surface area contributed by atoms with E-state index in [1.165, 1.54) is 12.3 Å². The van der Waals surface area contributed by atoms with Crippen LogP contribution >= 0.6 is 0 Å². The van der Waals surface area contributed by atoms with Gasteiger partial charge in [-0.25, -0.2) is 4.79 Å². The Morgan fingerprint density at radius 2 is 2.20 bits per heavy atom. The zero-order chi connectivity index (χ0) is 15.0. The quantitative estimate of drug-likeness (QED) is 0.760. The van der Waals surface area contributed by atoms with Crippen LogP contribution in [0.1, 0.15) is 23.0 Å². The zero-order valence-corrected chi connectivity index (χ0v) is 11.6. The summed E-state index contributed by atoms with van der Waals surface area (Å²) in [4.78, 5) is 28.2. The lowest BCUT2D eigenvalue weighted by Crippen LogP contribution is -2.34. The van der Waals surface area contributed by atoms with Gasteiger partial charge in [-0.15, -0.1) is 0 Å². The molecule has 1 rings (SSSR count). The Kier molecular flexibility index (Phi) is 6.39. The van der Waals surface area contributed by atoms with E-state index in [1.807, 2.05) is 6.92 Å². The number of likely N-dealkylation sites (N-methyl/N-ethyl adjacent to an activating group) is 1. The second-order valence-electron chi connectivity index (χ2n) is 4.03. The third-order valence-corrected chi connectivity index (χ3v) is 2.66. The topological polar surface area (TPSA) is 79.7 Å². The second kappa shape index (κ2) is 8.06. The van der Waals surface area contributed by atoms with Gasteiger partial charge in [0.05, 0.1) is 6.61 Å². The molecule has 0 bridgehead atoms. The summed E-state index contributed by atoms with van der Waals surface area (Å²) in [5.41, 5.74) is 0.958. The minimum absolute atomic E-state index is 0.168. The molecule has 0 spiro atoms. The maximum atomic E-state index is 12.2. The molecule has 0 unspecified atom stereocenters. The summed E-state index contributed by atoms with van der Waals surface area (Å²) in [7, 11) is 1.58. The number of ether oxygens (including phenoxy) is 1. The molecule has 6 heteroatoms. The highest BCUT2D eigenvalue weighted by Gasteiger charge is 2.14. The number of carboxylic acid groups (broad SMARTS) is 1. The number of hydrogen-bond acceptors (Lipinski definition) is 4. The molecule has 1 aromatic heterocycles. The Balaban J connectivity index is 2.76. The molecule has 1 heterocycles. The number of nitrogens with zero attached hydrogens (tertiary/aromatic N) is 2. The second-order valence-corrected chi connectivity index (χ2v) is 4.03. The number of carbonyl (C=O) groups is 2. The summed E-state index contributed by atoms with van der Waals surface area (Å²) in [5, 5.41) is 8.52. The highest BCUT2D eigenvalue weighted by atomic mass is 16.5. The van der Waals surface area contributed by atoms with Crippen LogP contribution in [-0.2, 0) is 9.53 Å². The first-order chi connectivity index (χ1) is 9.58. The predicted octanol–water partition coefficient (Wildman–Crippen LogP) is 1.29. The predicted molar refractivity (Wildman–Crippen MR) is 74.4 cm³/mol. The normalized spacial score (nSPS) is 10.7. The standard InChI is InChI=1S/C14H18N2O4/c1-3-16(8-9-20-2)14(19)12-6-4-11(10-15-12)5-7-13(17)18/h4-7,10H,3,8-9H2,1-2H3,(H,17,18). The van der Waals surface area contributed by atoms with Gasteiger partial charge in [-0.1, -0.05) is 6.07 Å². The maximum absolute atomic E-state index is 12.2. The lowest BCUT2D eigenvalue weighted by atomic mass is 10.2. The van der Waals surface area contributed by atoms with Gasteiger partial charge in [0.2, 0.25) is 0 Å². The van der Waals surface area contributed by atoms with E-state index in [0.29, 0.717) is 31.0 Å². The summed E-state index contributed by atoms with van der Waals surface area (Å²) in [5.74, 6) is -1.19. The number of amides is 1. The van der Waals surface area contributed by atoms with Crippen LogP contribution in [0.3, 0.4) is 0 Å². The third-order valence-electron chi connectivity index (χ3n) is 2.66. The first-order valence-electron chi connectivity index (χ1n) is 6.23. The van der Waals surface area contributed by atoms with Crippen molar-refractivity contribution in [1.82, 2.24) is 9.88 Å². The molecule has 6 nitrogen and oxygen atoms in total. The monoisotopic (exact) mass is 278 g/mol. The Labute approximate surface area is 117 Å². The van der Waals surface area contributed by atoms with Crippen LogP contribution in [0.4, 0.5) is 0 Å². The fraction of sp³-hybridized carbons (Fsp3) is 0.357. The number of rotatable bonds is 7. The summed E-state index contributed by atoms with van der Waals surface area (Å²) < 4.78 is 4.95. The molecular weight excluding hydrogens is 260 g/mol. The van der Waals surface area contributed by atoms with E-state index >= 15 is 0 Å². The van der Waals surface area contributed by atoms with Crippen molar-refractivity contribution in [3.63, 3.8) is 0 Å². The van der Waals surface area contributed by atoms with Crippen molar-refractivity contribution >= 4 is 18.0 Å². The van der Waals surface area contributed by atoms with Gasteiger partial charge in [-0.3, -0.25) is 9.78 Å². The van der Waals surface area contributed by atoms with Gasteiger partial charge in [0.15, 0.2) is 0 Å². The van der Waals surface area contributed by atoms with E-state index in [2.05, 4.69) is 4.98 Å². The fourth-order valence-electron chi connectivity index (χ4n) is 1.56. The van der Waals surface area contributed by atoms with Crippen molar-refractivity contribution < 1.29 is 19.4 Å².